The van der Waals surface area contributed by atoms with E-state index in [1.54, 1.807) is 6.33 Å². The minimum Gasteiger partial charge on any atom is -0.369 e. The number of fused-ring (bicyclic) bond motifs is 2. The smallest absolute Gasteiger partial charge is 0.187 e. The maximum Gasteiger partial charge on any atom is 0.187 e. The number of hydrogen-bond donors (Lipinski definition) is 1. The van der Waals surface area contributed by atoms with Gasteiger partial charge < -0.3 is 10.1 Å². The molecule has 8 aliphatic rings. The number of rotatable bonds is 8. The summed E-state index contributed by atoms with van der Waals surface area (Å²) in [6, 6.07) is 0. The zero-order valence-electron chi connectivity index (χ0n) is 26.1. The molecule has 2 spiro atoms. The van der Waals surface area contributed by atoms with Crippen LogP contribution < -0.4 is 5.32 Å². The number of hydrogen-bond acceptors (Lipinski definition) is 5. The zero-order valence-corrected chi connectivity index (χ0v) is 26.1. The Morgan fingerprint density at radius 1 is 1.07 bits per heavy atom. The van der Waals surface area contributed by atoms with Crippen LogP contribution in [-0.4, -0.2) is 34.5 Å². The number of Topliss-reactive ketones (excluding diaryl/α,β-unsaturated/α-hetero) is 1. The first-order valence-corrected chi connectivity index (χ1v) is 17.8. The highest BCUT2D eigenvalue weighted by Gasteiger charge is 2.87. The molecule has 1 saturated heterocycles. The van der Waals surface area contributed by atoms with Gasteiger partial charge in [0.1, 0.15) is 18.2 Å². The summed E-state index contributed by atoms with van der Waals surface area (Å²) >= 11 is 0. The van der Waals surface area contributed by atoms with Crippen LogP contribution in [0.4, 0.5) is 5.82 Å². The maximum atomic E-state index is 13.6. The summed E-state index contributed by atoms with van der Waals surface area (Å²) < 4.78 is 6.73. The number of nitrogens with one attached hydrogen (secondary N) is 1. The second-order valence-corrected chi connectivity index (χ2v) is 16.2. The van der Waals surface area contributed by atoms with Crippen molar-refractivity contribution in [3.63, 3.8) is 0 Å². The van der Waals surface area contributed by atoms with Crippen molar-refractivity contribution in [1.82, 2.24) is 9.97 Å². The standard InChI is InChI=1S/C38H49N3O2/c1-3-8-23(2)33(42)34-30-20-36(11-5-4-6-12-36)19-29(30)32(43-34)14-24-9-7-10-28-31(13-24)40-22-41-35(28)39-21-37-17-26-15-25-16-27(18-37)38(25,26)37/h7,9,14,22,25-27,29-30,32,34H,2-6,8,10-13,15-21H2,1H3,(H,39,40,41). The number of allylic oxidation sites excluding steroid dienone is 3. The van der Waals surface area contributed by atoms with Crippen molar-refractivity contribution >= 4 is 11.6 Å². The largest absolute Gasteiger partial charge is 0.369 e. The number of anilines is 1. The normalized spacial score (nSPS) is 43.2. The minimum absolute atomic E-state index is 0.00955. The monoisotopic (exact) mass is 579 g/mol. The third-order valence-corrected chi connectivity index (χ3v) is 14.5. The number of carbonyl (C=O) groups is 1. The third-order valence-electron chi connectivity index (χ3n) is 14.5. The summed E-state index contributed by atoms with van der Waals surface area (Å²) in [6.07, 6.45) is 26.7. The SMILES string of the molecule is C=C(CCC)C(=O)C1OC(C=C2C=CCc3c(ncnc3NCC34CC5CC6CC(C3)C654)C2)C2CC3(CCCCC3)CC12. The molecule has 0 radical (unpaired) electrons. The number of nitrogens with zero attached hydrogens (tertiary/aromatic N) is 2. The number of ketones is 1. The Bertz CT molecular complexity index is 1390. The molecule has 0 aromatic carbocycles. The van der Waals surface area contributed by atoms with Crippen molar-refractivity contribution in [3.8, 4) is 0 Å². The van der Waals surface area contributed by atoms with Gasteiger partial charge in [-0.25, -0.2) is 9.97 Å². The van der Waals surface area contributed by atoms with Crippen LogP contribution in [0.1, 0.15) is 102 Å². The third kappa shape index (κ3) is 3.69. The minimum atomic E-state index is -0.325. The number of carbonyl (C=O) groups excluding carboxylic acids is 1. The molecular formula is C38H49N3O2. The topological polar surface area (TPSA) is 64.1 Å². The Labute approximate surface area is 257 Å². The molecule has 0 amide bonds. The van der Waals surface area contributed by atoms with E-state index in [0.29, 0.717) is 22.7 Å². The van der Waals surface area contributed by atoms with Crippen molar-refractivity contribution in [1.29, 1.82) is 0 Å². The summed E-state index contributed by atoms with van der Waals surface area (Å²) in [5.41, 5.74) is 6.12. The van der Waals surface area contributed by atoms with E-state index in [2.05, 4.69) is 37.0 Å². The van der Waals surface area contributed by atoms with Crippen LogP contribution in [0.15, 0.2) is 42.3 Å². The highest BCUT2D eigenvalue weighted by molar-refractivity contribution is 5.98. The molecule has 7 aliphatic carbocycles. The molecule has 6 atom stereocenters. The van der Waals surface area contributed by atoms with Crippen molar-refractivity contribution < 1.29 is 9.53 Å². The molecule has 1 aromatic heterocycles. The number of ether oxygens (including phenoxy) is 1. The van der Waals surface area contributed by atoms with Gasteiger partial charge >= 0.3 is 0 Å². The highest BCUT2D eigenvalue weighted by atomic mass is 16.5. The first-order valence-electron chi connectivity index (χ1n) is 17.8. The molecule has 0 bridgehead atoms. The molecule has 1 aromatic rings. The molecule has 7 fully saturated rings. The summed E-state index contributed by atoms with van der Waals surface area (Å²) in [6.45, 7) is 7.39. The quantitative estimate of drug-likeness (QED) is 0.322. The van der Waals surface area contributed by atoms with Crippen molar-refractivity contribution in [2.75, 3.05) is 11.9 Å². The summed E-state index contributed by atoms with van der Waals surface area (Å²) in [7, 11) is 0. The van der Waals surface area contributed by atoms with Crippen LogP contribution in [0.25, 0.3) is 0 Å². The molecule has 6 unspecified atom stereocenters. The van der Waals surface area contributed by atoms with E-state index in [4.69, 9.17) is 14.7 Å². The first-order chi connectivity index (χ1) is 21.0. The van der Waals surface area contributed by atoms with Crippen molar-refractivity contribution in [2.24, 2.45) is 45.8 Å². The maximum absolute atomic E-state index is 13.6. The fourth-order valence-electron chi connectivity index (χ4n) is 12.8. The van der Waals surface area contributed by atoms with E-state index in [0.717, 1.165) is 78.9 Å². The zero-order chi connectivity index (χ0) is 29.0. The molecule has 2 heterocycles. The molecule has 9 rings (SSSR count). The van der Waals surface area contributed by atoms with Gasteiger partial charge in [-0.2, -0.15) is 0 Å². The molecule has 1 N–H and O–H groups in total. The van der Waals surface area contributed by atoms with Gasteiger partial charge in [-0.1, -0.05) is 57.4 Å². The van der Waals surface area contributed by atoms with Crippen LogP contribution in [-0.2, 0) is 22.4 Å². The lowest BCUT2D eigenvalue weighted by atomic mass is 9.13. The Kier molecular flexibility index (Phi) is 6.05. The average molecular weight is 580 g/mol. The van der Waals surface area contributed by atoms with E-state index in [9.17, 15) is 4.79 Å². The van der Waals surface area contributed by atoms with Gasteiger partial charge in [0.05, 0.1) is 11.8 Å². The Hall–Kier alpha value is -2.27. The first kappa shape index (κ1) is 27.1. The fourth-order valence-corrected chi connectivity index (χ4v) is 12.8. The van der Waals surface area contributed by atoms with Gasteiger partial charge in [0.15, 0.2) is 5.78 Å². The Balaban J connectivity index is 0.942. The molecule has 228 valence electrons. The molecule has 43 heavy (non-hydrogen) atoms. The van der Waals surface area contributed by atoms with Gasteiger partial charge in [-0.15, -0.1) is 0 Å². The lowest BCUT2D eigenvalue weighted by Gasteiger charge is -2.91. The Morgan fingerprint density at radius 3 is 2.60 bits per heavy atom. The predicted molar refractivity (Wildman–Crippen MR) is 168 cm³/mol. The van der Waals surface area contributed by atoms with Gasteiger partial charge in [0, 0.05) is 18.5 Å². The van der Waals surface area contributed by atoms with Crippen LogP contribution in [0, 0.1) is 45.8 Å². The molecule has 5 heteroatoms. The predicted octanol–water partition coefficient (Wildman–Crippen LogP) is 7.58. The summed E-state index contributed by atoms with van der Waals surface area (Å²) in [5.74, 6) is 5.07. The lowest BCUT2D eigenvalue weighted by Crippen LogP contribution is -2.86. The fraction of sp³-hybridized carbons (Fsp3) is 0.711. The molecular weight excluding hydrogens is 530 g/mol. The highest BCUT2D eigenvalue weighted by Crippen LogP contribution is 2.92. The van der Waals surface area contributed by atoms with E-state index in [-0.39, 0.29) is 18.0 Å². The van der Waals surface area contributed by atoms with Crippen LogP contribution >= 0.6 is 0 Å². The average Bonchev–Trinajstić information content (AvgIpc) is 3.38. The van der Waals surface area contributed by atoms with Gasteiger partial charge in [-0.05, 0) is 121 Å². The molecule has 5 nitrogen and oxygen atoms in total. The van der Waals surface area contributed by atoms with Gasteiger partial charge in [-0.3, -0.25) is 4.79 Å². The van der Waals surface area contributed by atoms with E-state index in [1.165, 1.54) is 75.3 Å². The van der Waals surface area contributed by atoms with Crippen molar-refractivity contribution in [2.45, 2.75) is 115 Å². The molecule has 6 saturated carbocycles. The number of aromatic nitrogens is 2. The van der Waals surface area contributed by atoms with E-state index >= 15 is 0 Å². The van der Waals surface area contributed by atoms with E-state index in [1.807, 2.05) is 0 Å². The second kappa shape index (κ2) is 9.61. The summed E-state index contributed by atoms with van der Waals surface area (Å²) in [4.78, 5) is 23.2. The van der Waals surface area contributed by atoms with Gasteiger partial charge in [0.2, 0.25) is 0 Å². The van der Waals surface area contributed by atoms with Crippen LogP contribution in [0.5, 0.6) is 0 Å². The lowest BCUT2D eigenvalue weighted by molar-refractivity contribution is -0.426. The van der Waals surface area contributed by atoms with Crippen LogP contribution in [0.2, 0.25) is 0 Å². The molecule has 1 aliphatic heterocycles. The van der Waals surface area contributed by atoms with Crippen LogP contribution in [0.3, 0.4) is 0 Å². The summed E-state index contributed by atoms with van der Waals surface area (Å²) in [5, 5.41) is 3.86. The Morgan fingerprint density at radius 2 is 1.86 bits per heavy atom. The second-order valence-electron chi connectivity index (χ2n) is 16.2. The van der Waals surface area contributed by atoms with E-state index < -0.39 is 0 Å². The van der Waals surface area contributed by atoms with Gasteiger partial charge in [0.25, 0.3) is 0 Å². The van der Waals surface area contributed by atoms with Crippen molar-refractivity contribution in [3.05, 3.63) is 53.5 Å².